The van der Waals surface area contributed by atoms with Gasteiger partial charge in [-0.15, -0.1) is 0 Å². The molecule has 0 saturated heterocycles. The number of Topliss-reactive ketones (excluding diaryl/α,β-unsaturated/α-hetero) is 1. The Balaban J connectivity index is 3.37. The van der Waals surface area contributed by atoms with Gasteiger partial charge < -0.3 is 4.74 Å². The Hall–Kier alpha value is -2.14. The minimum Gasteiger partial charge on any atom is -0.459 e. The van der Waals surface area contributed by atoms with E-state index in [1.807, 2.05) is 0 Å². The molecule has 0 heterocycles. The highest BCUT2D eigenvalue weighted by Gasteiger charge is 2.39. The van der Waals surface area contributed by atoms with E-state index in [9.17, 15) is 27.2 Å². The number of carbonyl (C=O) groups excluding carboxylic acids is 2. The van der Waals surface area contributed by atoms with Crippen molar-refractivity contribution in [2.75, 3.05) is 0 Å². The molecule has 0 N–H and O–H groups in total. The zero-order valence-corrected chi connectivity index (χ0v) is 13.5. The van der Waals surface area contributed by atoms with E-state index >= 15 is 0 Å². The molecule has 1 aromatic carbocycles. The van der Waals surface area contributed by atoms with Crippen LogP contribution in [0.2, 0.25) is 5.02 Å². The van der Waals surface area contributed by atoms with E-state index in [1.54, 1.807) is 0 Å². The Bertz CT molecular complexity index is 717. The third-order valence-electron chi connectivity index (χ3n) is 2.68. The van der Waals surface area contributed by atoms with Crippen molar-refractivity contribution in [2.45, 2.75) is 32.5 Å². The Morgan fingerprint density at radius 3 is 2.21 bits per heavy atom. The molecule has 130 valence electrons. The number of alkyl halides is 3. The summed E-state index contributed by atoms with van der Waals surface area (Å²) in [5.74, 6) is -6.32. The van der Waals surface area contributed by atoms with Crippen molar-refractivity contribution in [3.63, 3.8) is 0 Å². The van der Waals surface area contributed by atoms with E-state index in [1.165, 1.54) is 26.8 Å². The van der Waals surface area contributed by atoms with Crippen molar-refractivity contribution < 1.29 is 31.9 Å². The molecule has 9 heteroatoms. The Morgan fingerprint density at radius 1 is 1.25 bits per heavy atom. The third-order valence-corrected chi connectivity index (χ3v) is 3.07. The highest BCUT2D eigenvalue weighted by molar-refractivity contribution is 6.35. The highest BCUT2D eigenvalue weighted by Crippen LogP contribution is 2.38. The Morgan fingerprint density at radius 2 is 1.79 bits per heavy atom. The summed E-state index contributed by atoms with van der Waals surface area (Å²) in [6, 6.07) is 2.06. The van der Waals surface area contributed by atoms with Gasteiger partial charge in [0.2, 0.25) is 5.92 Å². The molecule has 1 rings (SSSR count). The second-order valence-corrected chi connectivity index (χ2v) is 6.12. The molecule has 0 fully saturated rings. The van der Waals surface area contributed by atoms with Gasteiger partial charge in [0.05, 0.1) is 22.2 Å². The summed E-state index contributed by atoms with van der Waals surface area (Å²) >= 11 is 5.49. The van der Waals surface area contributed by atoms with Crippen LogP contribution in [0.15, 0.2) is 12.1 Å². The van der Waals surface area contributed by atoms with Crippen LogP contribution >= 0.6 is 11.6 Å². The van der Waals surface area contributed by atoms with Crippen molar-refractivity contribution in [1.82, 2.24) is 0 Å². The molecule has 0 aliphatic heterocycles. The summed E-state index contributed by atoms with van der Waals surface area (Å²) in [5.41, 5.74) is -3.68. The second kappa shape index (κ2) is 6.77. The molecule has 0 saturated carbocycles. The van der Waals surface area contributed by atoms with Crippen molar-refractivity contribution in [3.8, 4) is 6.07 Å². The molecule has 0 aromatic heterocycles. The zero-order valence-electron chi connectivity index (χ0n) is 12.8. The summed E-state index contributed by atoms with van der Waals surface area (Å²) in [6.45, 7) is 4.38. The van der Waals surface area contributed by atoms with E-state index in [0.717, 1.165) is 0 Å². The molecule has 0 bridgehead atoms. The third kappa shape index (κ3) is 4.45. The molecule has 0 aliphatic rings. The number of hydrogen-bond acceptors (Lipinski definition) is 4. The first-order chi connectivity index (χ1) is 10.8. The number of nitrogens with zero attached hydrogens (tertiary/aromatic N) is 1. The van der Waals surface area contributed by atoms with Crippen LogP contribution in [-0.2, 0) is 15.7 Å². The predicted molar refractivity (Wildman–Crippen MR) is 75.7 cm³/mol. The number of carbonyl (C=O) groups is 2. The van der Waals surface area contributed by atoms with Crippen molar-refractivity contribution in [3.05, 3.63) is 34.1 Å². The lowest BCUT2D eigenvalue weighted by atomic mass is 9.96. The number of ketones is 1. The van der Waals surface area contributed by atoms with E-state index in [2.05, 4.69) is 0 Å². The van der Waals surface area contributed by atoms with Gasteiger partial charge in [-0.2, -0.15) is 18.4 Å². The Kier molecular flexibility index (Phi) is 5.62. The highest BCUT2D eigenvalue weighted by atomic mass is 35.5. The molecule has 1 atom stereocenters. The standard InChI is InChI=1S/C15H12ClF4NO3/c1-14(2,3)24-13(23)7(6-21)12(22)10-9(17)5-4-8(11(10)16)15(18,19)20/h4-5,7H,1-3H3. The first-order valence-electron chi connectivity index (χ1n) is 6.51. The lowest BCUT2D eigenvalue weighted by Gasteiger charge is -2.21. The van der Waals surface area contributed by atoms with E-state index in [-0.39, 0.29) is 0 Å². The van der Waals surface area contributed by atoms with Crippen LogP contribution in [-0.4, -0.2) is 17.4 Å². The molecule has 0 spiro atoms. The number of esters is 1. The molecule has 24 heavy (non-hydrogen) atoms. The van der Waals surface area contributed by atoms with Crippen LogP contribution in [0.4, 0.5) is 17.6 Å². The SMILES string of the molecule is CC(C)(C)OC(=O)C(C#N)C(=O)c1c(F)ccc(C(F)(F)F)c1Cl. The summed E-state index contributed by atoms with van der Waals surface area (Å²) in [4.78, 5) is 24.1. The van der Waals surface area contributed by atoms with Crippen molar-refractivity contribution in [2.24, 2.45) is 5.92 Å². The Labute approximate surface area is 140 Å². The van der Waals surface area contributed by atoms with Crippen LogP contribution in [0, 0.1) is 23.1 Å². The molecular weight excluding hydrogens is 354 g/mol. The van der Waals surface area contributed by atoms with Crippen LogP contribution in [0.5, 0.6) is 0 Å². The number of rotatable bonds is 3. The van der Waals surface area contributed by atoms with Crippen LogP contribution in [0.1, 0.15) is 36.7 Å². The second-order valence-electron chi connectivity index (χ2n) is 5.74. The van der Waals surface area contributed by atoms with Crippen LogP contribution in [0.3, 0.4) is 0 Å². The first kappa shape index (κ1) is 19.9. The van der Waals surface area contributed by atoms with Gasteiger partial charge >= 0.3 is 12.1 Å². The van der Waals surface area contributed by atoms with Crippen molar-refractivity contribution in [1.29, 1.82) is 5.26 Å². The fourth-order valence-electron chi connectivity index (χ4n) is 1.72. The predicted octanol–water partition coefficient (Wildman–Crippen LogP) is 4.16. The lowest BCUT2D eigenvalue weighted by molar-refractivity contribution is -0.156. The number of hydrogen-bond donors (Lipinski definition) is 0. The molecule has 0 aliphatic carbocycles. The number of nitriles is 1. The van der Waals surface area contributed by atoms with E-state index < -0.39 is 51.4 Å². The maximum absolute atomic E-state index is 13.8. The average Bonchev–Trinajstić information content (AvgIpc) is 2.35. The first-order valence-corrected chi connectivity index (χ1v) is 6.89. The molecule has 1 aromatic rings. The van der Waals surface area contributed by atoms with Crippen LogP contribution < -0.4 is 0 Å². The topological polar surface area (TPSA) is 67.2 Å². The van der Waals surface area contributed by atoms with Crippen molar-refractivity contribution >= 4 is 23.4 Å². The summed E-state index contributed by atoms with van der Waals surface area (Å²) < 4.78 is 57.1. The average molecular weight is 366 g/mol. The minimum absolute atomic E-state index is 0.364. The lowest BCUT2D eigenvalue weighted by Crippen LogP contribution is -2.32. The maximum Gasteiger partial charge on any atom is 0.417 e. The van der Waals surface area contributed by atoms with Gasteiger partial charge in [0, 0.05) is 0 Å². The fourth-order valence-corrected chi connectivity index (χ4v) is 2.07. The number of halogens is 5. The zero-order chi connectivity index (χ0) is 18.9. The minimum atomic E-state index is -4.94. The molecule has 0 amide bonds. The quantitative estimate of drug-likeness (QED) is 0.349. The summed E-state index contributed by atoms with van der Waals surface area (Å²) in [5, 5.41) is 7.76. The number of ether oxygens (including phenoxy) is 1. The molecule has 0 radical (unpaired) electrons. The summed E-state index contributed by atoms with van der Waals surface area (Å²) in [6.07, 6.45) is -4.94. The van der Waals surface area contributed by atoms with Gasteiger partial charge in [0.1, 0.15) is 11.4 Å². The fraction of sp³-hybridized carbons (Fsp3) is 0.400. The monoisotopic (exact) mass is 365 g/mol. The molecular formula is C15H12ClF4NO3. The number of benzene rings is 1. The van der Waals surface area contributed by atoms with E-state index in [0.29, 0.717) is 12.1 Å². The van der Waals surface area contributed by atoms with E-state index in [4.69, 9.17) is 21.6 Å². The van der Waals surface area contributed by atoms with Gasteiger partial charge in [0.15, 0.2) is 5.78 Å². The maximum atomic E-state index is 13.8. The van der Waals surface area contributed by atoms with Gasteiger partial charge in [-0.3, -0.25) is 9.59 Å². The summed E-state index contributed by atoms with van der Waals surface area (Å²) in [7, 11) is 0. The largest absolute Gasteiger partial charge is 0.459 e. The van der Waals surface area contributed by atoms with Gasteiger partial charge in [-0.05, 0) is 32.9 Å². The molecule has 1 unspecified atom stereocenters. The smallest absolute Gasteiger partial charge is 0.417 e. The van der Waals surface area contributed by atoms with Gasteiger partial charge in [0.25, 0.3) is 0 Å². The normalized spacial score (nSPS) is 13.1. The van der Waals surface area contributed by atoms with Crippen LogP contribution in [0.25, 0.3) is 0 Å². The van der Waals surface area contributed by atoms with Gasteiger partial charge in [-0.25, -0.2) is 4.39 Å². The molecule has 4 nitrogen and oxygen atoms in total. The van der Waals surface area contributed by atoms with Gasteiger partial charge in [-0.1, -0.05) is 11.6 Å².